The Bertz CT molecular complexity index is 1050. The van der Waals surface area contributed by atoms with Gasteiger partial charge in [0.15, 0.2) is 5.65 Å². The second-order valence-corrected chi connectivity index (χ2v) is 8.78. The normalized spacial score (nSPS) is 15.6. The Balaban J connectivity index is 2.03. The van der Waals surface area contributed by atoms with E-state index >= 15 is 0 Å². The highest BCUT2D eigenvalue weighted by molar-refractivity contribution is 5.86. The van der Waals surface area contributed by atoms with E-state index in [1.54, 1.807) is 0 Å². The molecule has 4 nitrogen and oxygen atoms in total. The summed E-state index contributed by atoms with van der Waals surface area (Å²) in [6.45, 7) is 11.2. The molecule has 1 aliphatic heterocycles. The van der Waals surface area contributed by atoms with Gasteiger partial charge in [0.2, 0.25) is 0 Å². The van der Waals surface area contributed by atoms with E-state index in [0.717, 1.165) is 59.7 Å². The highest BCUT2D eigenvalue weighted by Crippen LogP contribution is 2.36. The lowest BCUT2D eigenvalue weighted by molar-refractivity contribution is 0.435. The van der Waals surface area contributed by atoms with Crippen LogP contribution in [0.5, 0.6) is 0 Å². The van der Waals surface area contributed by atoms with Gasteiger partial charge >= 0.3 is 0 Å². The van der Waals surface area contributed by atoms with Crippen molar-refractivity contribution in [3.8, 4) is 6.07 Å². The van der Waals surface area contributed by atoms with E-state index in [9.17, 15) is 5.26 Å². The average Bonchev–Trinajstić information content (AvgIpc) is 3.05. The van der Waals surface area contributed by atoms with Gasteiger partial charge in [-0.1, -0.05) is 32.9 Å². The van der Waals surface area contributed by atoms with Gasteiger partial charge < -0.3 is 4.90 Å². The van der Waals surface area contributed by atoms with Crippen molar-refractivity contribution in [2.45, 2.75) is 53.4 Å². The van der Waals surface area contributed by atoms with Gasteiger partial charge in [0.25, 0.3) is 0 Å². The molecule has 1 fully saturated rings. The molecule has 0 bridgehead atoms. The minimum Gasteiger partial charge on any atom is -0.357 e. The zero-order chi connectivity index (χ0) is 19.8. The third kappa shape index (κ3) is 3.13. The Morgan fingerprint density at radius 3 is 2.61 bits per heavy atom. The largest absolute Gasteiger partial charge is 0.357 e. The van der Waals surface area contributed by atoms with Crippen molar-refractivity contribution < 1.29 is 0 Å². The SMILES string of the molecule is Cc1c(CCC(C)C)c(N2CCC(C)CC2)n2c(nc3ccccc32)c1C#N. The van der Waals surface area contributed by atoms with Crippen LogP contribution in [0.15, 0.2) is 24.3 Å². The number of piperidine rings is 1. The lowest BCUT2D eigenvalue weighted by Crippen LogP contribution is -2.35. The molecule has 2 aromatic heterocycles. The molecule has 146 valence electrons. The summed E-state index contributed by atoms with van der Waals surface area (Å²) in [6.07, 6.45) is 4.57. The Hall–Kier alpha value is -2.54. The summed E-state index contributed by atoms with van der Waals surface area (Å²) in [6, 6.07) is 10.7. The van der Waals surface area contributed by atoms with E-state index in [-0.39, 0.29) is 0 Å². The van der Waals surface area contributed by atoms with Gasteiger partial charge in [-0.3, -0.25) is 4.40 Å². The van der Waals surface area contributed by atoms with Crippen LogP contribution in [0.25, 0.3) is 16.7 Å². The lowest BCUT2D eigenvalue weighted by Gasteiger charge is -2.35. The number of benzene rings is 1. The summed E-state index contributed by atoms with van der Waals surface area (Å²) in [7, 11) is 0. The molecule has 1 aliphatic rings. The van der Waals surface area contributed by atoms with E-state index in [1.807, 2.05) is 6.07 Å². The summed E-state index contributed by atoms with van der Waals surface area (Å²) in [5.74, 6) is 2.69. The smallest absolute Gasteiger partial charge is 0.157 e. The molecular formula is C24H30N4. The van der Waals surface area contributed by atoms with Crippen LogP contribution in [0.2, 0.25) is 0 Å². The van der Waals surface area contributed by atoms with Crippen molar-refractivity contribution in [3.05, 3.63) is 41.0 Å². The van der Waals surface area contributed by atoms with E-state index < -0.39 is 0 Å². The highest BCUT2D eigenvalue weighted by Gasteiger charge is 2.26. The van der Waals surface area contributed by atoms with Crippen LogP contribution in [-0.2, 0) is 6.42 Å². The molecule has 4 rings (SSSR count). The number of fused-ring (bicyclic) bond motifs is 3. The van der Waals surface area contributed by atoms with E-state index in [2.05, 4.69) is 61.3 Å². The molecule has 0 amide bonds. The fourth-order valence-corrected chi connectivity index (χ4v) is 4.45. The van der Waals surface area contributed by atoms with Gasteiger partial charge in [0.1, 0.15) is 11.9 Å². The van der Waals surface area contributed by atoms with Crippen molar-refractivity contribution >= 4 is 22.5 Å². The quantitative estimate of drug-likeness (QED) is 0.606. The van der Waals surface area contributed by atoms with Crippen LogP contribution in [0.4, 0.5) is 5.82 Å². The second-order valence-electron chi connectivity index (χ2n) is 8.78. The summed E-state index contributed by atoms with van der Waals surface area (Å²) < 4.78 is 2.27. The highest BCUT2D eigenvalue weighted by atomic mass is 15.2. The monoisotopic (exact) mass is 374 g/mol. The Morgan fingerprint density at radius 2 is 1.93 bits per heavy atom. The van der Waals surface area contributed by atoms with Crippen LogP contribution < -0.4 is 4.90 Å². The average molecular weight is 375 g/mol. The lowest BCUT2D eigenvalue weighted by atomic mass is 9.94. The maximum absolute atomic E-state index is 9.96. The third-order valence-corrected chi connectivity index (χ3v) is 6.26. The topological polar surface area (TPSA) is 44.3 Å². The number of anilines is 1. The predicted molar refractivity (Wildman–Crippen MR) is 116 cm³/mol. The van der Waals surface area contributed by atoms with Crippen LogP contribution in [0.3, 0.4) is 0 Å². The maximum atomic E-state index is 9.96. The molecule has 4 heteroatoms. The molecule has 28 heavy (non-hydrogen) atoms. The molecule has 0 aliphatic carbocycles. The summed E-state index contributed by atoms with van der Waals surface area (Å²) in [5, 5.41) is 9.96. The molecular weight excluding hydrogens is 344 g/mol. The summed E-state index contributed by atoms with van der Waals surface area (Å²) in [4.78, 5) is 7.41. The molecule has 0 radical (unpaired) electrons. The van der Waals surface area contributed by atoms with Crippen LogP contribution in [0.1, 0.15) is 56.7 Å². The van der Waals surface area contributed by atoms with Gasteiger partial charge in [-0.05, 0) is 67.7 Å². The number of rotatable bonds is 4. The minimum absolute atomic E-state index is 0.634. The van der Waals surface area contributed by atoms with E-state index in [1.165, 1.54) is 24.2 Å². The second kappa shape index (κ2) is 7.47. The number of pyridine rings is 1. The van der Waals surface area contributed by atoms with Gasteiger partial charge in [-0.15, -0.1) is 0 Å². The zero-order valence-corrected chi connectivity index (χ0v) is 17.5. The van der Waals surface area contributed by atoms with Crippen LogP contribution in [-0.4, -0.2) is 22.5 Å². The Kier molecular flexibility index (Phi) is 5.02. The molecule has 3 aromatic rings. The number of para-hydroxylation sites is 2. The number of imidazole rings is 1. The molecule has 0 saturated carbocycles. The molecule has 0 N–H and O–H groups in total. The summed E-state index contributed by atoms with van der Waals surface area (Å²) in [5.41, 5.74) is 6.04. The van der Waals surface area contributed by atoms with Crippen LogP contribution >= 0.6 is 0 Å². The molecule has 3 heterocycles. The third-order valence-electron chi connectivity index (χ3n) is 6.26. The number of hydrogen-bond donors (Lipinski definition) is 0. The van der Waals surface area contributed by atoms with E-state index in [0.29, 0.717) is 5.92 Å². The van der Waals surface area contributed by atoms with Crippen molar-refractivity contribution in [1.82, 2.24) is 9.38 Å². The van der Waals surface area contributed by atoms with Crippen molar-refractivity contribution in [2.75, 3.05) is 18.0 Å². The van der Waals surface area contributed by atoms with E-state index in [4.69, 9.17) is 4.98 Å². The molecule has 1 aromatic carbocycles. The van der Waals surface area contributed by atoms with Gasteiger partial charge in [0, 0.05) is 13.1 Å². The zero-order valence-electron chi connectivity index (χ0n) is 17.5. The number of nitriles is 1. The Labute approximate surface area is 167 Å². The summed E-state index contributed by atoms with van der Waals surface area (Å²) >= 11 is 0. The Morgan fingerprint density at radius 1 is 1.21 bits per heavy atom. The van der Waals surface area contributed by atoms with Gasteiger partial charge in [0.05, 0.1) is 16.6 Å². The van der Waals surface area contributed by atoms with Crippen molar-refractivity contribution in [3.63, 3.8) is 0 Å². The molecule has 0 spiro atoms. The molecule has 0 atom stereocenters. The minimum atomic E-state index is 0.634. The number of hydrogen-bond acceptors (Lipinski definition) is 3. The first-order valence-electron chi connectivity index (χ1n) is 10.6. The standard InChI is InChI=1S/C24H30N4/c1-16(2)9-10-19-18(4)20(15-25)23-26-21-7-5-6-8-22(21)28(23)24(19)27-13-11-17(3)12-14-27/h5-8,16-17H,9-14H2,1-4H3. The number of nitrogens with zero attached hydrogens (tertiary/aromatic N) is 4. The fraction of sp³-hybridized carbons (Fsp3) is 0.500. The van der Waals surface area contributed by atoms with Crippen LogP contribution in [0, 0.1) is 30.1 Å². The van der Waals surface area contributed by atoms with Gasteiger partial charge in [-0.2, -0.15) is 5.26 Å². The predicted octanol–water partition coefficient (Wildman–Crippen LogP) is 5.49. The fourth-order valence-electron chi connectivity index (χ4n) is 4.45. The first kappa shape index (κ1) is 18.8. The van der Waals surface area contributed by atoms with Crippen molar-refractivity contribution in [1.29, 1.82) is 5.26 Å². The first-order valence-corrected chi connectivity index (χ1v) is 10.6. The maximum Gasteiger partial charge on any atom is 0.157 e. The number of aromatic nitrogens is 2. The first-order chi connectivity index (χ1) is 13.5. The molecule has 1 saturated heterocycles. The van der Waals surface area contributed by atoms with Gasteiger partial charge in [-0.25, -0.2) is 4.98 Å². The molecule has 0 unspecified atom stereocenters. The van der Waals surface area contributed by atoms with Crippen molar-refractivity contribution in [2.24, 2.45) is 11.8 Å².